The first-order valence-electron chi connectivity index (χ1n) is 5.77. The number of halogens is 2. The third-order valence-corrected chi connectivity index (χ3v) is 5.26. The van der Waals surface area contributed by atoms with Crippen LogP contribution in [0.25, 0.3) is 0 Å². The van der Waals surface area contributed by atoms with Crippen molar-refractivity contribution < 1.29 is 4.79 Å². The number of hydrogen-bond acceptors (Lipinski definition) is 1. The van der Waals surface area contributed by atoms with Crippen molar-refractivity contribution in [1.29, 1.82) is 0 Å². The number of piperidine rings is 1. The molecule has 0 bridgehead atoms. The van der Waals surface area contributed by atoms with Crippen LogP contribution < -0.4 is 0 Å². The van der Waals surface area contributed by atoms with Crippen molar-refractivity contribution in [1.82, 2.24) is 4.90 Å². The quantitative estimate of drug-likeness (QED) is 0.515. The van der Waals surface area contributed by atoms with Crippen LogP contribution in [0.3, 0.4) is 0 Å². The van der Waals surface area contributed by atoms with Gasteiger partial charge in [-0.2, -0.15) is 0 Å². The molecule has 2 rings (SSSR count). The van der Waals surface area contributed by atoms with Crippen molar-refractivity contribution in [2.45, 2.75) is 18.2 Å². The minimum Gasteiger partial charge on any atom is -0.338 e. The average Bonchev–Trinajstić information content (AvgIpc) is 2.33. The van der Waals surface area contributed by atoms with Gasteiger partial charge in [-0.05, 0) is 59.2 Å². The maximum absolute atomic E-state index is 12.3. The van der Waals surface area contributed by atoms with E-state index in [-0.39, 0.29) is 5.91 Å². The first kappa shape index (κ1) is 13.3. The molecule has 0 aromatic heterocycles. The molecule has 1 saturated heterocycles. The van der Waals surface area contributed by atoms with Crippen LogP contribution in [0.2, 0.25) is 0 Å². The van der Waals surface area contributed by atoms with Gasteiger partial charge in [0.2, 0.25) is 0 Å². The van der Waals surface area contributed by atoms with Crippen LogP contribution in [0.1, 0.15) is 23.7 Å². The summed E-state index contributed by atoms with van der Waals surface area (Å²) < 4.78 is 1.16. The summed E-state index contributed by atoms with van der Waals surface area (Å²) in [6.07, 6.45) is 1.04. The van der Waals surface area contributed by atoms with Crippen LogP contribution in [-0.4, -0.2) is 28.7 Å². The Kier molecular flexibility index (Phi) is 4.47. The molecule has 2 nitrogen and oxygen atoms in total. The summed E-state index contributed by atoms with van der Waals surface area (Å²) >= 11 is 5.91. The summed E-state index contributed by atoms with van der Waals surface area (Å²) in [5.41, 5.74) is 0.797. The molecule has 0 radical (unpaired) electrons. The lowest BCUT2D eigenvalue weighted by atomic mass is 9.99. The average molecular weight is 408 g/mol. The normalized spacial score (nSPS) is 24.8. The molecule has 0 saturated carbocycles. The molecule has 0 spiro atoms. The molecular formula is C13H15BrINO. The highest BCUT2D eigenvalue weighted by Crippen LogP contribution is 2.24. The first-order chi connectivity index (χ1) is 8.08. The van der Waals surface area contributed by atoms with E-state index < -0.39 is 0 Å². The number of carbonyl (C=O) groups excluding carboxylic acids is 1. The number of nitrogens with zero attached hydrogens (tertiary/aromatic N) is 1. The lowest BCUT2D eigenvalue weighted by Gasteiger charge is -2.34. The van der Waals surface area contributed by atoms with E-state index in [9.17, 15) is 4.79 Å². The van der Waals surface area contributed by atoms with Crippen LogP contribution in [-0.2, 0) is 0 Å². The Balaban J connectivity index is 2.08. The molecule has 1 fully saturated rings. The van der Waals surface area contributed by atoms with Crippen molar-refractivity contribution in [2.75, 3.05) is 13.1 Å². The molecule has 1 aliphatic rings. The molecule has 0 N–H and O–H groups in total. The number of hydrogen-bond donors (Lipinski definition) is 0. The van der Waals surface area contributed by atoms with Crippen LogP contribution in [0, 0.1) is 9.49 Å². The molecule has 1 aliphatic heterocycles. The van der Waals surface area contributed by atoms with Crippen LogP contribution in [0.4, 0.5) is 0 Å². The molecule has 2 atom stereocenters. The molecule has 1 heterocycles. The second kappa shape index (κ2) is 5.69. The van der Waals surface area contributed by atoms with Crippen LogP contribution >= 0.6 is 38.5 Å². The van der Waals surface area contributed by atoms with E-state index in [4.69, 9.17) is 0 Å². The van der Waals surface area contributed by atoms with E-state index >= 15 is 0 Å². The third kappa shape index (κ3) is 3.22. The summed E-state index contributed by atoms with van der Waals surface area (Å²) in [6.45, 7) is 3.89. The Bertz CT molecular complexity index is 406. The lowest BCUT2D eigenvalue weighted by Crippen LogP contribution is -2.43. The number of carbonyl (C=O) groups is 1. The van der Waals surface area contributed by atoms with Crippen molar-refractivity contribution in [3.63, 3.8) is 0 Å². The molecule has 0 aliphatic carbocycles. The fourth-order valence-corrected chi connectivity index (χ4v) is 2.81. The van der Waals surface area contributed by atoms with Gasteiger partial charge in [-0.25, -0.2) is 0 Å². The molecule has 1 aromatic carbocycles. The highest BCUT2D eigenvalue weighted by molar-refractivity contribution is 14.1. The van der Waals surface area contributed by atoms with Gasteiger partial charge in [0.05, 0.1) is 0 Å². The van der Waals surface area contributed by atoms with Gasteiger partial charge < -0.3 is 4.90 Å². The van der Waals surface area contributed by atoms with Crippen molar-refractivity contribution in [3.8, 4) is 0 Å². The highest BCUT2D eigenvalue weighted by Gasteiger charge is 2.27. The molecule has 1 amide bonds. The molecular weight excluding hydrogens is 393 g/mol. The summed E-state index contributed by atoms with van der Waals surface area (Å²) in [5.74, 6) is 0.684. The second-order valence-electron chi connectivity index (χ2n) is 4.54. The fourth-order valence-electron chi connectivity index (χ4n) is 2.08. The zero-order valence-electron chi connectivity index (χ0n) is 9.70. The molecule has 2 unspecified atom stereocenters. The summed E-state index contributed by atoms with van der Waals surface area (Å²) in [4.78, 5) is 14.8. The van der Waals surface area contributed by atoms with E-state index in [1.54, 1.807) is 0 Å². The fraction of sp³-hybridized carbons (Fsp3) is 0.462. The summed E-state index contributed by atoms with van der Waals surface area (Å²) in [6, 6.07) is 7.78. The molecule has 4 heteroatoms. The zero-order chi connectivity index (χ0) is 12.4. The largest absolute Gasteiger partial charge is 0.338 e. The van der Waals surface area contributed by atoms with Crippen LogP contribution in [0.15, 0.2) is 24.3 Å². The SMILES string of the molecule is CC1CN(C(=O)c2ccc(I)cc2)CCC1Br. The van der Waals surface area contributed by atoms with Gasteiger partial charge in [-0.15, -0.1) is 0 Å². The van der Waals surface area contributed by atoms with Gasteiger partial charge in [0.25, 0.3) is 5.91 Å². The van der Waals surface area contributed by atoms with Gasteiger partial charge in [0.15, 0.2) is 0 Å². The Morgan fingerprint density at radius 3 is 2.65 bits per heavy atom. The first-order valence-corrected chi connectivity index (χ1v) is 7.76. The van der Waals surface area contributed by atoms with Gasteiger partial charge in [-0.3, -0.25) is 4.79 Å². The number of rotatable bonds is 1. The third-order valence-electron chi connectivity index (χ3n) is 3.18. The predicted molar refractivity (Wildman–Crippen MR) is 81.6 cm³/mol. The Morgan fingerprint density at radius 2 is 2.06 bits per heavy atom. The van der Waals surface area contributed by atoms with E-state index in [1.165, 1.54) is 0 Å². The van der Waals surface area contributed by atoms with Crippen molar-refractivity contribution in [2.24, 2.45) is 5.92 Å². The standard InChI is InChI=1S/C13H15BrINO/c1-9-8-16(7-6-12(9)14)13(17)10-2-4-11(15)5-3-10/h2-5,9,12H,6-8H2,1H3. The zero-order valence-corrected chi connectivity index (χ0v) is 13.4. The topological polar surface area (TPSA) is 20.3 Å². The smallest absolute Gasteiger partial charge is 0.253 e. The maximum atomic E-state index is 12.3. The van der Waals surface area contributed by atoms with E-state index in [0.29, 0.717) is 10.7 Å². The monoisotopic (exact) mass is 407 g/mol. The maximum Gasteiger partial charge on any atom is 0.253 e. The summed E-state index contributed by atoms with van der Waals surface area (Å²) in [7, 11) is 0. The van der Waals surface area contributed by atoms with Gasteiger partial charge in [0.1, 0.15) is 0 Å². The molecule has 17 heavy (non-hydrogen) atoms. The van der Waals surface area contributed by atoms with Crippen molar-refractivity contribution >= 4 is 44.4 Å². The number of likely N-dealkylation sites (tertiary alicyclic amines) is 1. The lowest BCUT2D eigenvalue weighted by molar-refractivity contribution is 0.0690. The van der Waals surface area contributed by atoms with Gasteiger partial charge >= 0.3 is 0 Å². The van der Waals surface area contributed by atoms with E-state index in [1.807, 2.05) is 29.2 Å². The molecule has 92 valence electrons. The van der Waals surface area contributed by atoms with Crippen LogP contribution in [0.5, 0.6) is 0 Å². The minimum absolute atomic E-state index is 0.160. The highest BCUT2D eigenvalue weighted by atomic mass is 127. The number of amides is 1. The minimum atomic E-state index is 0.160. The number of benzene rings is 1. The Morgan fingerprint density at radius 1 is 1.41 bits per heavy atom. The Labute approximate surface area is 124 Å². The van der Waals surface area contributed by atoms with Crippen molar-refractivity contribution in [3.05, 3.63) is 33.4 Å². The second-order valence-corrected chi connectivity index (χ2v) is 6.96. The molecule has 1 aromatic rings. The van der Waals surface area contributed by atoms with Gasteiger partial charge in [-0.1, -0.05) is 22.9 Å². The Hall–Kier alpha value is -0.100. The van der Waals surface area contributed by atoms with Gasteiger partial charge in [0, 0.05) is 27.1 Å². The summed E-state index contributed by atoms with van der Waals surface area (Å²) in [5, 5.41) is 0. The van der Waals surface area contributed by atoms with E-state index in [0.717, 1.165) is 28.6 Å². The predicted octanol–water partition coefficient (Wildman–Crippen LogP) is 3.54. The number of alkyl halides is 1. The van der Waals surface area contributed by atoms with E-state index in [2.05, 4.69) is 45.4 Å².